The molecule has 2 aromatic rings. The van der Waals surface area contributed by atoms with Gasteiger partial charge in [0.25, 0.3) is 0 Å². The van der Waals surface area contributed by atoms with Gasteiger partial charge in [-0.1, -0.05) is 51.3 Å². The van der Waals surface area contributed by atoms with Crippen molar-refractivity contribution in [3.8, 4) is 0 Å². The molecule has 0 saturated carbocycles. The summed E-state index contributed by atoms with van der Waals surface area (Å²) in [5.74, 6) is 0. The van der Waals surface area contributed by atoms with E-state index in [1.54, 1.807) is 18.2 Å². The van der Waals surface area contributed by atoms with Crippen LogP contribution in [0, 0.1) is 0 Å². The van der Waals surface area contributed by atoms with Crippen LogP contribution >= 0.6 is 39.1 Å². The van der Waals surface area contributed by atoms with E-state index in [2.05, 4.69) is 21.2 Å². The van der Waals surface area contributed by atoms with Gasteiger partial charge in [-0.2, -0.15) is 13.2 Å². The maximum atomic E-state index is 13.0. The molecule has 0 heterocycles. The highest BCUT2D eigenvalue weighted by atomic mass is 79.9. The predicted molar refractivity (Wildman–Crippen MR) is 82.9 cm³/mol. The molecule has 0 atom stereocenters. The molecule has 21 heavy (non-hydrogen) atoms. The molecule has 0 fully saturated rings. The first-order valence-electron chi connectivity index (χ1n) is 5.82. The highest BCUT2D eigenvalue weighted by Crippen LogP contribution is 2.38. The zero-order chi connectivity index (χ0) is 15.6. The molecule has 0 saturated heterocycles. The van der Waals surface area contributed by atoms with Gasteiger partial charge in [0.2, 0.25) is 0 Å². The SMILES string of the molecule is FC(F)(F)c1cccc(Cl)c1NCc1ccc(Cl)cc1Br. The lowest BCUT2D eigenvalue weighted by Gasteiger charge is -2.16. The van der Waals surface area contributed by atoms with Crippen LogP contribution in [0.4, 0.5) is 18.9 Å². The number of hydrogen-bond donors (Lipinski definition) is 1. The molecule has 112 valence electrons. The van der Waals surface area contributed by atoms with E-state index < -0.39 is 11.7 Å². The van der Waals surface area contributed by atoms with Crippen molar-refractivity contribution in [2.24, 2.45) is 0 Å². The Balaban J connectivity index is 2.28. The highest BCUT2D eigenvalue weighted by molar-refractivity contribution is 9.10. The second-order valence-corrected chi connectivity index (χ2v) is 5.95. The average Bonchev–Trinajstić information content (AvgIpc) is 2.37. The smallest absolute Gasteiger partial charge is 0.379 e. The van der Waals surface area contributed by atoms with Gasteiger partial charge in [0, 0.05) is 16.0 Å². The van der Waals surface area contributed by atoms with Crippen LogP contribution in [0.2, 0.25) is 10.0 Å². The Hall–Kier alpha value is -0.910. The maximum absolute atomic E-state index is 13.0. The van der Waals surface area contributed by atoms with Crippen molar-refractivity contribution in [3.63, 3.8) is 0 Å². The third-order valence-electron chi connectivity index (χ3n) is 2.79. The Morgan fingerprint density at radius 1 is 1.10 bits per heavy atom. The summed E-state index contributed by atoms with van der Waals surface area (Å²) >= 11 is 15.0. The number of alkyl halides is 3. The molecule has 2 rings (SSSR count). The Labute approximate surface area is 138 Å². The van der Waals surface area contributed by atoms with Gasteiger partial charge in [0.15, 0.2) is 0 Å². The van der Waals surface area contributed by atoms with E-state index >= 15 is 0 Å². The first-order chi connectivity index (χ1) is 9.79. The molecule has 0 aliphatic carbocycles. The lowest BCUT2D eigenvalue weighted by atomic mass is 10.1. The quantitative estimate of drug-likeness (QED) is 0.631. The van der Waals surface area contributed by atoms with Crippen LogP contribution in [0.3, 0.4) is 0 Å². The third kappa shape index (κ3) is 4.05. The summed E-state index contributed by atoms with van der Waals surface area (Å²) in [7, 11) is 0. The minimum atomic E-state index is -4.47. The van der Waals surface area contributed by atoms with Gasteiger partial charge in [-0.25, -0.2) is 0 Å². The number of rotatable bonds is 3. The van der Waals surface area contributed by atoms with Crippen LogP contribution < -0.4 is 5.32 Å². The Morgan fingerprint density at radius 3 is 2.43 bits per heavy atom. The Bertz CT molecular complexity index is 659. The summed E-state index contributed by atoms with van der Waals surface area (Å²) in [5, 5.41) is 3.30. The molecule has 1 nitrogen and oxygen atoms in total. The van der Waals surface area contributed by atoms with Crippen LogP contribution in [0.25, 0.3) is 0 Å². The summed E-state index contributed by atoms with van der Waals surface area (Å²) in [6.45, 7) is 0.185. The summed E-state index contributed by atoms with van der Waals surface area (Å²) in [6.07, 6.45) is -4.47. The number of nitrogens with one attached hydrogen (secondary N) is 1. The molecule has 7 heteroatoms. The van der Waals surface area contributed by atoms with Crippen molar-refractivity contribution in [2.45, 2.75) is 12.7 Å². The molecule has 0 radical (unpaired) electrons. The van der Waals surface area contributed by atoms with Crippen LogP contribution in [0.5, 0.6) is 0 Å². The van der Waals surface area contributed by atoms with E-state index in [1.807, 2.05) is 0 Å². The predicted octanol–water partition coefficient (Wildman–Crippen LogP) is 6.39. The second kappa shape index (κ2) is 6.46. The first kappa shape index (κ1) is 16.5. The summed E-state index contributed by atoms with van der Waals surface area (Å²) < 4.78 is 39.6. The van der Waals surface area contributed by atoms with Gasteiger partial charge in [0.1, 0.15) is 0 Å². The summed E-state index contributed by atoms with van der Waals surface area (Å²) in [5.41, 5.74) is -0.152. The van der Waals surface area contributed by atoms with E-state index in [0.29, 0.717) is 9.50 Å². The zero-order valence-electron chi connectivity index (χ0n) is 10.4. The molecule has 0 spiro atoms. The number of para-hydroxylation sites is 1. The van der Waals surface area contributed by atoms with Crippen molar-refractivity contribution < 1.29 is 13.2 Å². The van der Waals surface area contributed by atoms with Crippen molar-refractivity contribution in [1.82, 2.24) is 0 Å². The van der Waals surface area contributed by atoms with E-state index in [1.165, 1.54) is 12.1 Å². The van der Waals surface area contributed by atoms with Crippen molar-refractivity contribution in [3.05, 3.63) is 62.0 Å². The van der Waals surface area contributed by atoms with E-state index in [0.717, 1.165) is 11.6 Å². The number of hydrogen-bond acceptors (Lipinski definition) is 1. The van der Waals surface area contributed by atoms with Crippen LogP contribution in [0.15, 0.2) is 40.9 Å². The van der Waals surface area contributed by atoms with Gasteiger partial charge in [-0.15, -0.1) is 0 Å². The minimum Gasteiger partial charge on any atom is -0.379 e. The van der Waals surface area contributed by atoms with Crippen molar-refractivity contribution in [1.29, 1.82) is 0 Å². The summed E-state index contributed by atoms with van der Waals surface area (Å²) in [4.78, 5) is 0. The molecule has 0 unspecified atom stereocenters. The molecule has 0 amide bonds. The van der Waals surface area contributed by atoms with Crippen molar-refractivity contribution >= 4 is 44.8 Å². The van der Waals surface area contributed by atoms with E-state index in [9.17, 15) is 13.2 Å². The fourth-order valence-corrected chi connectivity index (χ4v) is 2.85. The molecule has 0 aromatic heterocycles. The second-order valence-electron chi connectivity index (χ2n) is 4.25. The van der Waals surface area contributed by atoms with Crippen LogP contribution in [-0.4, -0.2) is 0 Å². The highest BCUT2D eigenvalue weighted by Gasteiger charge is 2.34. The fraction of sp³-hybridized carbons (Fsp3) is 0.143. The molecular formula is C14H9BrCl2F3N. The number of anilines is 1. The van der Waals surface area contributed by atoms with Crippen LogP contribution in [-0.2, 0) is 12.7 Å². The molecule has 1 N–H and O–H groups in total. The van der Waals surface area contributed by atoms with Gasteiger partial charge in [-0.3, -0.25) is 0 Å². The van der Waals surface area contributed by atoms with Gasteiger partial charge in [0.05, 0.1) is 16.3 Å². The summed E-state index contributed by atoms with van der Waals surface area (Å²) in [6, 6.07) is 8.75. The van der Waals surface area contributed by atoms with E-state index in [4.69, 9.17) is 23.2 Å². The van der Waals surface area contributed by atoms with E-state index in [-0.39, 0.29) is 17.3 Å². The largest absolute Gasteiger partial charge is 0.418 e. The monoisotopic (exact) mass is 397 g/mol. The number of halogens is 6. The average molecular weight is 399 g/mol. The standard InChI is InChI=1S/C14H9BrCl2F3N/c15-11-6-9(16)5-4-8(11)7-21-13-10(14(18,19)20)2-1-3-12(13)17/h1-6,21H,7H2. The zero-order valence-corrected chi connectivity index (χ0v) is 13.5. The molecule has 0 aliphatic rings. The van der Waals surface area contributed by atoms with Crippen molar-refractivity contribution in [2.75, 3.05) is 5.32 Å². The van der Waals surface area contributed by atoms with Gasteiger partial charge < -0.3 is 5.32 Å². The lowest BCUT2D eigenvalue weighted by molar-refractivity contribution is -0.136. The Morgan fingerprint density at radius 2 is 1.81 bits per heavy atom. The minimum absolute atomic E-state index is 0.0231. The van der Waals surface area contributed by atoms with Gasteiger partial charge in [-0.05, 0) is 29.8 Å². The van der Waals surface area contributed by atoms with Crippen LogP contribution in [0.1, 0.15) is 11.1 Å². The maximum Gasteiger partial charge on any atom is 0.418 e. The van der Waals surface area contributed by atoms with Gasteiger partial charge >= 0.3 is 6.18 Å². The normalized spacial score (nSPS) is 11.5. The molecular weight excluding hydrogens is 390 g/mol. The fourth-order valence-electron chi connectivity index (χ4n) is 1.79. The topological polar surface area (TPSA) is 12.0 Å². The number of benzene rings is 2. The first-order valence-corrected chi connectivity index (χ1v) is 7.37. The Kier molecular flexibility index (Phi) is 5.07. The molecule has 0 aliphatic heterocycles. The molecule has 0 bridgehead atoms. The molecule has 2 aromatic carbocycles. The third-order valence-corrected chi connectivity index (χ3v) is 4.08. The lowest BCUT2D eigenvalue weighted by Crippen LogP contribution is -2.11.